The summed E-state index contributed by atoms with van der Waals surface area (Å²) in [5.41, 5.74) is 0.553. The van der Waals surface area contributed by atoms with Crippen LogP contribution in [0.4, 0.5) is 8.78 Å². The van der Waals surface area contributed by atoms with Gasteiger partial charge in [-0.3, -0.25) is 0 Å². The van der Waals surface area contributed by atoms with Crippen molar-refractivity contribution >= 4 is 0 Å². The predicted molar refractivity (Wildman–Crippen MR) is 112 cm³/mol. The summed E-state index contributed by atoms with van der Waals surface area (Å²) in [7, 11) is 0. The van der Waals surface area contributed by atoms with Gasteiger partial charge in [0, 0.05) is 0 Å². The molecule has 0 saturated heterocycles. The molecule has 0 spiro atoms. The first-order chi connectivity index (χ1) is 13.6. The van der Waals surface area contributed by atoms with Crippen molar-refractivity contribution in [1.82, 2.24) is 0 Å². The lowest BCUT2D eigenvalue weighted by Gasteiger charge is -2.32. The van der Waals surface area contributed by atoms with Crippen molar-refractivity contribution in [3.8, 4) is 5.75 Å². The van der Waals surface area contributed by atoms with Gasteiger partial charge in [0.05, 0.1) is 6.61 Å². The van der Waals surface area contributed by atoms with E-state index in [0.29, 0.717) is 12.2 Å². The van der Waals surface area contributed by atoms with Gasteiger partial charge in [-0.15, -0.1) is 0 Å². The first-order valence-corrected chi connectivity index (χ1v) is 11.7. The fraction of sp³-hybridized carbons (Fsp3) is 0.760. The van der Waals surface area contributed by atoms with Gasteiger partial charge in [0.15, 0.2) is 11.6 Å². The Bertz CT molecular complexity index is 599. The molecular formula is C25H38F2O. The minimum absolute atomic E-state index is 0.0505. The SMILES string of the molecule is CCCOc1ccc(C2CCC(CCC3CCC(CC)CC3)CC2)c(F)c1F. The van der Waals surface area contributed by atoms with E-state index in [4.69, 9.17) is 4.74 Å². The van der Waals surface area contributed by atoms with Crippen LogP contribution in [0.1, 0.15) is 102 Å². The highest BCUT2D eigenvalue weighted by Crippen LogP contribution is 2.41. The van der Waals surface area contributed by atoms with Gasteiger partial charge >= 0.3 is 0 Å². The van der Waals surface area contributed by atoms with Crippen LogP contribution in [0.15, 0.2) is 12.1 Å². The average Bonchev–Trinajstić information content (AvgIpc) is 2.74. The Hall–Kier alpha value is -1.12. The maximum atomic E-state index is 14.6. The molecule has 158 valence electrons. The van der Waals surface area contributed by atoms with E-state index in [0.717, 1.165) is 49.9 Å². The van der Waals surface area contributed by atoms with Crippen LogP contribution in [-0.2, 0) is 0 Å². The molecule has 28 heavy (non-hydrogen) atoms. The van der Waals surface area contributed by atoms with Gasteiger partial charge in [-0.1, -0.05) is 64.9 Å². The first kappa shape index (κ1) is 21.6. The Morgan fingerprint density at radius 2 is 1.36 bits per heavy atom. The number of rotatable bonds is 8. The normalized spacial score (nSPS) is 28.3. The van der Waals surface area contributed by atoms with Gasteiger partial charge in [-0.2, -0.15) is 4.39 Å². The lowest BCUT2D eigenvalue weighted by Crippen LogP contribution is -2.18. The Kier molecular flexibility index (Phi) is 8.17. The Morgan fingerprint density at radius 3 is 1.93 bits per heavy atom. The summed E-state index contributed by atoms with van der Waals surface area (Å²) in [5.74, 6) is 1.39. The van der Waals surface area contributed by atoms with E-state index in [2.05, 4.69) is 6.92 Å². The zero-order chi connectivity index (χ0) is 19.9. The summed E-state index contributed by atoms with van der Waals surface area (Å²) in [6.45, 7) is 4.70. The quantitative estimate of drug-likeness (QED) is 0.435. The highest BCUT2D eigenvalue weighted by Gasteiger charge is 2.27. The third kappa shape index (κ3) is 5.48. The minimum Gasteiger partial charge on any atom is -0.490 e. The Labute approximate surface area is 170 Å². The van der Waals surface area contributed by atoms with E-state index in [1.54, 1.807) is 12.1 Å². The van der Waals surface area contributed by atoms with Crippen LogP contribution in [0.2, 0.25) is 0 Å². The standard InChI is InChI=1S/C25H38F2O/c1-3-17-28-23-16-15-22(24(26)25(23)27)21-13-11-20(12-14-21)10-9-19-7-5-18(4-2)6-8-19/h15-16,18-21H,3-14,17H2,1-2H3. The summed E-state index contributed by atoms with van der Waals surface area (Å²) in [6, 6.07) is 3.36. The van der Waals surface area contributed by atoms with Crippen LogP contribution in [0.25, 0.3) is 0 Å². The van der Waals surface area contributed by atoms with Gasteiger partial charge in [0.1, 0.15) is 0 Å². The molecule has 2 aliphatic carbocycles. The van der Waals surface area contributed by atoms with Crippen molar-refractivity contribution < 1.29 is 13.5 Å². The minimum atomic E-state index is -0.809. The molecule has 0 bridgehead atoms. The van der Waals surface area contributed by atoms with Gasteiger partial charge < -0.3 is 4.74 Å². The molecule has 0 unspecified atom stereocenters. The van der Waals surface area contributed by atoms with Crippen molar-refractivity contribution in [2.75, 3.05) is 6.61 Å². The average molecular weight is 393 g/mol. The second-order valence-electron chi connectivity index (χ2n) is 9.22. The van der Waals surface area contributed by atoms with Crippen molar-refractivity contribution in [2.24, 2.45) is 17.8 Å². The monoisotopic (exact) mass is 392 g/mol. The molecular weight excluding hydrogens is 354 g/mol. The fourth-order valence-corrected chi connectivity index (χ4v) is 5.35. The molecule has 3 heteroatoms. The molecule has 0 atom stereocenters. The second-order valence-corrected chi connectivity index (χ2v) is 9.22. The third-order valence-electron chi connectivity index (χ3n) is 7.35. The molecule has 0 aliphatic heterocycles. The predicted octanol–water partition coefficient (Wildman–Crippen LogP) is 8.02. The second kappa shape index (κ2) is 10.6. The molecule has 0 aromatic heterocycles. The van der Waals surface area contributed by atoms with E-state index in [-0.39, 0.29) is 11.7 Å². The van der Waals surface area contributed by atoms with Crippen molar-refractivity contribution in [3.63, 3.8) is 0 Å². The van der Waals surface area contributed by atoms with Crippen molar-refractivity contribution in [3.05, 3.63) is 29.3 Å². The molecule has 0 amide bonds. The smallest absolute Gasteiger partial charge is 0.200 e. The highest BCUT2D eigenvalue weighted by molar-refractivity contribution is 5.33. The van der Waals surface area contributed by atoms with E-state index in [1.807, 2.05) is 6.92 Å². The summed E-state index contributed by atoms with van der Waals surface area (Å²) in [4.78, 5) is 0. The first-order valence-electron chi connectivity index (χ1n) is 11.7. The molecule has 1 aromatic carbocycles. The highest BCUT2D eigenvalue weighted by atomic mass is 19.2. The van der Waals surface area contributed by atoms with Gasteiger partial charge in [0.2, 0.25) is 5.82 Å². The lowest BCUT2D eigenvalue weighted by atomic mass is 9.74. The molecule has 2 saturated carbocycles. The van der Waals surface area contributed by atoms with Gasteiger partial charge in [0.25, 0.3) is 0 Å². The number of hydrogen-bond donors (Lipinski definition) is 0. The number of ether oxygens (including phenoxy) is 1. The molecule has 3 rings (SSSR count). The van der Waals surface area contributed by atoms with Crippen molar-refractivity contribution in [2.45, 2.75) is 96.8 Å². The maximum Gasteiger partial charge on any atom is 0.200 e. The zero-order valence-corrected chi connectivity index (χ0v) is 17.8. The molecule has 0 N–H and O–H groups in total. The van der Waals surface area contributed by atoms with Crippen molar-refractivity contribution in [1.29, 1.82) is 0 Å². The number of halogens is 2. The fourth-order valence-electron chi connectivity index (χ4n) is 5.35. The van der Waals surface area contributed by atoms with Gasteiger partial charge in [-0.25, -0.2) is 4.39 Å². The summed E-state index contributed by atoms with van der Waals surface area (Å²) >= 11 is 0. The van der Waals surface area contributed by atoms with Crippen LogP contribution in [-0.4, -0.2) is 6.61 Å². The lowest BCUT2D eigenvalue weighted by molar-refractivity contribution is 0.226. The van der Waals surface area contributed by atoms with E-state index in [1.165, 1.54) is 44.9 Å². The maximum absolute atomic E-state index is 14.6. The Balaban J connectivity index is 1.45. The molecule has 1 nitrogen and oxygen atoms in total. The van der Waals surface area contributed by atoms with E-state index >= 15 is 0 Å². The topological polar surface area (TPSA) is 9.23 Å². The van der Waals surface area contributed by atoms with Crippen LogP contribution in [0.5, 0.6) is 5.75 Å². The zero-order valence-electron chi connectivity index (χ0n) is 17.8. The molecule has 0 radical (unpaired) electrons. The van der Waals surface area contributed by atoms with E-state index < -0.39 is 11.6 Å². The Morgan fingerprint density at radius 1 is 0.786 bits per heavy atom. The van der Waals surface area contributed by atoms with E-state index in [9.17, 15) is 8.78 Å². The summed E-state index contributed by atoms with van der Waals surface area (Å²) < 4.78 is 34.2. The molecule has 2 fully saturated rings. The van der Waals surface area contributed by atoms with Crippen LogP contribution in [0, 0.1) is 29.4 Å². The van der Waals surface area contributed by atoms with Gasteiger partial charge in [-0.05, 0) is 67.4 Å². The third-order valence-corrected chi connectivity index (χ3v) is 7.35. The van der Waals surface area contributed by atoms with Crippen LogP contribution in [0.3, 0.4) is 0 Å². The largest absolute Gasteiger partial charge is 0.490 e. The molecule has 1 aromatic rings. The number of hydrogen-bond acceptors (Lipinski definition) is 1. The van der Waals surface area contributed by atoms with Crippen LogP contribution >= 0.6 is 0 Å². The summed E-state index contributed by atoms with van der Waals surface area (Å²) in [6.07, 6.45) is 14.8. The van der Waals surface area contributed by atoms with Crippen LogP contribution < -0.4 is 4.74 Å². The summed E-state index contributed by atoms with van der Waals surface area (Å²) in [5, 5.41) is 0. The molecule has 0 heterocycles. The molecule has 2 aliphatic rings. The number of benzene rings is 1.